The minimum atomic E-state index is 0. The third-order valence-corrected chi connectivity index (χ3v) is 10.1. The molecule has 0 aliphatic heterocycles. The van der Waals surface area contributed by atoms with E-state index >= 15 is 0 Å². The summed E-state index contributed by atoms with van der Waals surface area (Å²) < 4.78 is 0. The maximum absolute atomic E-state index is 7.50. The SMILES string of the molecule is C1CCC(P(C2CCCCC2)C2CCCCC2)CC1.[C]=O.[C]=O.[C]=O.[W]. The molecular formula is C21H33O3PW. The molecule has 0 amide bonds. The molecule has 6 radical (unpaired) electrons. The van der Waals surface area contributed by atoms with E-state index in [1.807, 2.05) is 0 Å². The van der Waals surface area contributed by atoms with Crippen molar-refractivity contribution in [2.45, 2.75) is 113 Å². The van der Waals surface area contributed by atoms with Crippen LogP contribution in [0.1, 0.15) is 96.3 Å². The smallest absolute Gasteiger partial charge is 0.281 e. The van der Waals surface area contributed by atoms with Crippen molar-refractivity contribution in [3.05, 3.63) is 0 Å². The van der Waals surface area contributed by atoms with E-state index in [4.69, 9.17) is 14.4 Å². The predicted octanol–water partition coefficient (Wildman–Crippen LogP) is 5.27. The van der Waals surface area contributed by atoms with E-state index in [2.05, 4.69) is 20.4 Å². The molecule has 3 aliphatic carbocycles. The van der Waals surface area contributed by atoms with Gasteiger partial charge in [0.25, 0.3) is 20.4 Å². The summed E-state index contributed by atoms with van der Waals surface area (Å²) in [6.07, 6.45) is 23.6. The molecule has 0 aromatic heterocycles. The van der Waals surface area contributed by atoms with Gasteiger partial charge in [-0.15, -0.1) is 0 Å². The molecule has 0 unspecified atom stereocenters. The van der Waals surface area contributed by atoms with Gasteiger partial charge in [-0.1, -0.05) is 65.7 Å². The molecule has 3 nitrogen and oxygen atoms in total. The van der Waals surface area contributed by atoms with E-state index in [9.17, 15) is 0 Å². The Morgan fingerprint density at radius 1 is 0.423 bits per heavy atom. The van der Waals surface area contributed by atoms with E-state index in [0.717, 1.165) is 0 Å². The van der Waals surface area contributed by atoms with Crippen molar-refractivity contribution < 1.29 is 35.4 Å². The Morgan fingerprint density at radius 3 is 0.808 bits per heavy atom. The summed E-state index contributed by atoms with van der Waals surface area (Å²) in [7, 11) is 0.385. The Morgan fingerprint density at radius 2 is 0.615 bits per heavy atom. The minimum absolute atomic E-state index is 0. The van der Waals surface area contributed by atoms with Gasteiger partial charge in [0.05, 0.1) is 0 Å². The Labute approximate surface area is 176 Å². The van der Waals surface area contributed by atoms with E-state index in [1.165, 1.54) is 36.2 Å². The van der Waals surface area contributed by atoms with Gasteiger partial charge in [0.1, 0.15) is 0 Å². The van der Waals surface area contributed by atoms with Crippen LogP contribution in [0.5, 0.6) is 0 Å². The molecule has 3 saturated carbocycles. The Kier molecular flexibility index (Phi) is 21.7. The molecule has 3 aliphatic rings. The Balaban J connectivity index is 0. The fourth-order valence-electron chi connectivity index (χ4n) is 5.03. The van der Waals surface area contributed by atoms with Crippen LogP contribution in [0.4, 0.5) is 0 Å². The van der Waals surface area contributed by atoms with Crippen LogP contribution in [-0.4, -0.2) is 37.3 Å². The van der Waals surface area contributed by atoms with Crippen LogP contribution in [-0.2, 0) is 35.4 Å². The van der Waals surface area contributed by atoms with E-state index in [0.29, 0.717) is 7.92 Å². The van der Waals surface area contributed by atoms with Crippen molar-refractivity contribution in [3.63, 3.8) is 0 Å². The first-order chi connectivity index (χ1) is 12.4. The quantitative estimate of drug-likeness (QED) is 0.452. The Bertz CT molecular complexity index is 254. The van der Waals surface area contributed by atoms with Gasteiger partial charge in [0, 0.05) is 21.1 Å². The zero-order valence-electron chi connectivity index (χ0n) is 15.9. The molecule has 0 atom stereocenters. The molecule has 0 N–H and O–H groups in total. The van der Waals surface area contributed by atoms with Crippen LogP contribution in [0.2, 0.25) is 0 Å². The molecule has 0 saturated heterocycles. The number of rotatable bonds is 3. The van der Waals surface area contributed by atoms with Gasteiger partial charge in [-0.25, -0.2) is 0 Å². The van der Waals surface area contributed by atoms with E-state index in [-0.39, 0.29) is 21.1 Å². The van der Waals surface area contributed by atoms with Crippen LogP contribution < -0.4 is 0 Å². The summed E-state index contributed by atoms with van der Waals surface area (Å²) in [5.74, 6) is 0. The summed E-state index contributed by atoms with van der Waals surface area (Å²) in [5, 5.41) is 0. The summed E-state index contributed by atoms with van der Waals surface area (Å²) in [4.78, 5) is 22.5. The largest absolute Gasteiger partial charge is 0.281 e. The first-order valence-electron chi connectivity index (χ1n) is 9.84. The molecule has 0 aromatic carbocycles. The summed E-state index contributed by atoms with van der Waals surface area (Å²) in [5.41, 5.74) is 3.57. The van der Waals surface area contributed by atoms with Gasteiger partial charge in [-0.2, -0.15) is 0 Å². The molecule has 0 spiro atoms. The van der Waals surface area contributed by atoms with Gasteiger partial charge in [-0.05, 0) is 55.5 Å². The predicted molar refractivity (Wildman–Crippen MR) is 105 cm³/mol. The van der Waals surface area contributed by atoms with Crippen molar-refractivity contribution in [2.75, 3.05) is 0 Å². The normalized spacial score (nSPS) is 21.6. The van der Waals surface area contributed by atoms with Crippen molar-refractivity contribution in [3.8, 4) is 0 Å². The second kappa shape index (κ2) is 19.9. The number of carbonyl (C=O) groups excluding carboxylic acids is 3. The molecule has 0 bridgehead atoms. The number of hydrogen-bond acceptors (Lipinski definition) is 3. The second-order valence-electron chi connectivity index (χ2n) is 7.32. The molecule has 26 heavy (non-hydrogen) atoms. The third-order valence-electron chi connectivity index (χ3n) is 5.99. The van der Waals surface area contributed by atoms with Crippen LogP contribution in [0.3, 0.4) is 0 Å². The van der Waals surface area contributed by atoms with Gasteiger partial charge in [0.2, 0.25) is 0 Å². The standard InChI is InChI=1S/C18H33P.3CO.W/c1-4-10-16(11-5-1)19(17-12-6-2-7-13-17)18-14-8-3-9-15-18;3*1-2;/h16-18H,1-15H2;;;;. The van der Waals surface area contributed by atoms with Crippen LogP contribution in [0.25, 0.3) is 0 Å². The molecule has 3 rings (SSSR count). The molecule has 146 valence electrons. The monoisotopic (exact) mass is 548 g/mol. The zero-order chi connectivity index (χ0) is 18.9. The second-order valence-corrected chi connectivity index (χ2v) is 10.4. The molecule has 3 fully saturated rings. The number of hydrogen-bond donors (Lipinski definition) is 0. The fraction of sp³-hybridized carbons (Fsp3) is 0.857. The maximum Gasteiger partial charge on any atom is 0.281 e. The zero-order valence-corrected chi connectivity index (χ0v) is 19.7. The van der Waals surface area contributed by atoms with Gasteiger partial charge >= 0.3 is 0 Å². The van der Waals surface area contributed by atoms with Gasteiger partial charge in [-0.3, -0.25) is 14.4 Å². The summed E-state index contributed by atoms with van der Waals surface area (Å²) in [6.45, 7) is 13.5. The van der Waals surface area contributed by atoms with Crippen molar-refractivity contribution in [1.82, 2.24) is 0 Å². The van der Waals surface area contributed by atoms with E-state index in [1.54, 1.807) is 77.0 Å². The first-order valence-corrected chi connectivity index (χ1v) is 11.4. The average molecular weight is 548 g/mol. The first kappa shape index (κ1) is 28.3. The van der Waals surface area contributed by atoms with Crippen LogP contribution >= 0.6 is 7.92 Å². The van der Waals surface area contributed by atoms with Crippen molar-refractivity contribution in [1.29, 1.82) is 0 Å². The molecule has 5 heteroatoms. The van der Waals surface area contributed by atoms with Crippen LogP contribution in [0.15, 0.2) is 0 Å². The topological polar surface area (TPSA) is 51.2 Å². The minimum Gasteiger partial charge on any atom is -0.281 e. The fourth-order valence-corrected chi connectivity index (χ4v) is 9.71. The van der Waals surface area contributed by atoms with Gasteiger partial charge < -0.3 is 0 Å². The molecule has 0 heterocycles. The third kappa shape index (κ3) is 9.89. The molecule has 0 aromatic rings. The van der Waals surface area contributed by atoms with Crippen molar-refractivity contribution in [2.24, 2.45) is 0 Å². The summed E-state index contributed by atoms with van der Waals surface area (Å²) in [6, 6.07) is 0. The summed E-state index contributed by atoms with van der Waals surface area (Å²) >= 11 is 0. The van der Waals surface area contributed by atoms with Gasteiger partial charge in [0.15, 0.2) is 0 Å². The van der Waals surface area contributed by atoms with Crippen LogP contribution in [0, 0.1) is 0 Å². The Hall–Kier alpha value is 0.128. The van der Waals surface area contributed by atoms with E-state index < -0.39 is 0 Å². The average Bonchev–Trinajstić information content (AvgIpc) is 2.75. The maximum atomic E-state index is 7.50. The van der Waals surface area contributed by atoms with Crippen molar-refractivity contribution >= 4 is 28.3 Å². The molecular weight excluding hydrogens is 515 g/mol.